The molecular formula is C21H31FN2O4S. The van der Waals surface area contributed by atoms with Crippen LogP contribution in [0.25, 0.3) is 0 Å². The summed E-state index contributed by atoms with van der Waals surface area (Å²) >= 11 is 0. The van der Waals surface area contributed by atoms with Crippen molar-refractivity contribution >= 4 is 15.9 Å². The Morgan fingerprint density at radius 1 is 1.28 bits per heavy atom. The van der Waals surface area contributed by atoms with Crippen molar-refractivity contribution in [3.8, 4) is 0 Å². The maximum Gasteiger partial charge on any atom is 0.224 e. The largest absolute Gasteiger partial charge is 0.381 e. The highest BCUT2D eigenvalue weighted by molar-refractivity contribution is 7.89. The van der Waals surface area contributed by atoms with Crippen LogP contribution in [0.5, 0.6) is 0 Å². The zero-order valence-corrected chi connectivity index (χ0v) is 17.8. The Balaban J connectivity index is 1.66. The summed E-state index contributed by atoms with van der Waals surface area (Å²) in [4.78, 5) is 12.9. The lowest BCUT2D eigenvalue weighted by molar-refractivity contribution is -0.126. The molecule has 0 saturated carbocycles. The van der Waals surface area contributed by atoms with E-state index in [2.05, 4.69) is 5.32 Å². The Labute approximate surface area is 172 Å². The molecule has 3 rings (SSSR count). The van der Waals surface area contributed by atoms with Crippen LogP contribution in [0.1, 0.15) is 44.6 Å². The van der Waals surface area contributed by atoms with E-state index < -0.39 is 10.0 Å². The molecule has 2 fully saturated rings. The van der Waals surface area contributed by atoms with Crippen molar-refractivity contribution in [1.82, 2.24) is 9.62 Å². The topological polar surface area (TPSA) is 75.7 Å². The first-order valence-electron chi connectivity index (χ1n) is 10.5. The van der Waals surface area contributed by atoms with E-state index in [9.17, 15) is 17.6 Å². The molecular weight excluding hydrogens is 395 g/mol. The van der Waals surface area contributed by atoms with Crippen molar-refractivity contribution in [3.05, 3.63) is 35.6 Å². The molecule has 1 N–H and O–H groups in total. The molecule has 0 spiro atoms. The van der Waals surface area contributed by atoms with Crippen molar-refractivity contribution in [2.24, 2.45) is 5.92 Å². The maximum absolute atomic E-state index is 13.4. The predicted octanol–water partition coefficient (Wildman–Crippen LogP) is 2.44. The number of halogens is 1. The minimum atomic E-state index is -3.29. The number of rotatable bonds is 7. The average molecular weight is 427 g/mol. The van der Waals surface area contributed by atoms with Crippen LogP contribution >= 0.6 is 0 Å². The minimum Gasteiger partial charge on any atom is -0.381 e. The molecule has 0 bridgehead atoms. The number of nitrogens with one attached hydrogen (secondary N) is 1. The number of nitrogens with zero attached hydrogens (tertiary/aromatic N) is 1. The predicted molar refractivity (Wildman–Crippen MR) is 110 cm³/mol. The number of amides is 1. The zero-order chi connectivity index (χ0) is 20.9. The lowest BCUT2D eigenvalue weighted by Crippen LogP contribution is -2.49. The molecule has 1 aromatic carbocycles. The number of benzene rings is 1. The third kappa shape index (κ3) is 5.35. The molecule has 1 amide bonds. The summed E-state index contributed by atoms with van der Waals surface area (Å²) in [5.41, 5.74) is 0.711. The summed E-state index contributed by atoms with van der Waals surface area (Å²) in [7, 11) is -3.29. The molecule has 8 heteroatoms. The molecule has 2 aliphatic rings. The van der Waals surface area contributed by atoms with Gasteiger partial charge in [0, 0.05) is 38.3 Å². The Bertz CT molecular complexity index is 791. The molecule has 1 aromatic rings. The number of carbonyl (C=O) groups is 1. The van der Waals surface area contributed by atoms with Gasteiger partial charge in [-0.3, -0.25) is 4.79 Å². The van der Waals surface area contributed by atoms with E-state index in [4.69, 9.17) is 4.74 Å². The quantitative estimate of drug-likeness (QED) is 0.727. The van der Waals surface area contributed by atoms with E-state index >= 15 is 0 Å². The lowest BCUT2D eigenvalue weighted by atomic mass is 9.74. The van der Waals surface area contributed by atoms with Gasteiger partial charge in [0.2, 0.25) is 15.9 Å². The fraction of sp³-hybridized carbons (Fsp3) is 0.667. The third-order valence-electron chi connectivity index (χ3n) is 6.12. The van der Waals surface area contributed by atoms with E-state index in [1.165, 1.54) is 16.4 Å². The maximum atomic E-state index is 13.4. The molecule has 2 aliphatic heterocycles. The van der Waals surface area contributed by atoms with Gasteiger partial charge in [0.15, 0.2) is 0 Å². The van der Waals surface area contributed by atoms with Gasteiger partial charge in [-0.2, -0.15) is 0 Å². The molecule has 0 radical (unpaired) electrons. The summed E-state index contributed by atoms with van der Waals surface area (Å²) < 4.78 is 45.1. The van der Waals surface area contributed by atoms with Crippen LogP contribution in [-0.2, 0) is 25.0 Å². The Morgan fingerprint density at radius 2 is 1.97 bits per heavy atom. The van der Waals surface area contributed by atoms with Gasteiger partial charge in [0.25, 0.3) is 0 Å². The van der Waals surface area contributed by atoms with Gasteiger partial charge in [-0.1, -0.05) is 19.1 Å². The number of carbonyl (C=O) groups excluding carboxylic acids is 1. The van der Waals surface area contributed by atoms with E-state index in [1.54, 1.807) is 12.1 Å². The second kappa shape index (κ2) is 9.53. The first-order valence-corrected chi connectivity index (χ1v) is 12.1. The first kappa shape index (κ1) is 22.2. The minimum absolute atomic E-state index is 0.102. The van der Waals surface area contributed by atoms with Crippen LogP contribution in [0.3, 0.4) is 0 Å². The van der Waals surface area contributed by atoms with Gasteiger partial charge >= 0.3 is 0 Å². The van der Waals surface area contributed by atoms with Crippen LogP contribution in [0, 0.1) is 11.7 Å². The van der Waals surface area contributed by atoms with E-state index in [0.29, 0.717) is 45.6 Å². The summed E-state index contributed by atoms with van der Waals surface area (Å²) in [6, 6.07) is 6.47. The lowest BCUT2D eigenvalue weighted by Gasteiger charge is -2.39. The van der Waals surface area contributed by atoms with Crippen LogP contribution in [0.15, 0.2) is 24.3 Å². The normalized spacial score (nSPS) is 22.9. The van der Waals surface area contributed by atoms with Crippen molar-refractivity contribution in [1.29, 1.82) is 0 Å². The first-order chi connectivity index (χ1) is 13.9. The van der Waals surface area contributed by atoms with Gasteiger partial charge in [-0.25, -0.2) is 17.1 Å². The molecule has 1 unspecified atom stereocenters. The van der Waals surface area contributed by atoms with Gasteiger partial charge in [0.05, 0.1) is 11.7 Å². The van der Waals surface area contributed by atoms with Crippen molar-refractivity contribution in [3.63, 3.8) is 0 Å². The molecule has 1 atom stereocenters. The summed E-state index contributed by atoms with van der Waals surface area (Å²) in [5.74, 6) is -0.597. The summed E-state index contributed by atoms with van der Waals surface area (Å²) in [6.45, 7) is 4.22. The second-order valence-corrected chi connectivity index (χ2v) is 10.2. The Kier molecular flexibility index (Phi) is 7.29. The summed E-state index contributed by atoms with van der Waals surface area (Å²) in [5, 5.41) is 3.07. The highest BCUT2D eigenvalue weighted by Crippen LogP contribution is 2.34. The summed E-state index contributed by atoms with van der Waals surface area (Å²) in [6.07, 6.45) is 3.45. The molecule has 2 heterocycles. The fourth-order valence-electron chi connectivity index (χ4n) is 4.33. The van der Waals surface area contributed by atoms with E-state index in [0.717, 1.165) is 18.4 Å². The molecule has 6 nitrogen and oxygen atoms in total. The SMILES string of the molecule is CCCS(=O)(=O)N1CCCC(C(=O)NCC2(c3ccc(F)cc3)CCOCC2)C1. The fourth-order valence-corrected chi connectivity index (χ4v) is 5.92. The molecule has 162 valence electrons. The van der Waals surface area contributed by atoms with E-state index in [1.807, 2.05) is 6.92 Å². The Hall–Kier alpha value is -1.51. The van der Waals surface area contributed by atoms with E-state index in [-0.39, 0.29) is 35.4 Å². The van der Waals surface area contributed by atoms with Gasteiger partial charge in [-0.05, 0) is 49.8 Å². The highest BCUT2D eigenvalue weighted by Gasteiger charge is 2.37. The average Bonchev–Trinajstić information content (AvgIpc) is 2.73. The standard InChI is InChI=1S/C21H31FN2O4S/c1-2-14-29(26,27)24-11-3-4-17(15-24)20(25)23-16-21(9-12-28-13-10-21)18-5-7-19(22)8-6-18/h5-8,17H,2-4,9-16H2,1H3,(H,23,25). The van der Waals surface area contributed by atoms with Crippen LogP contribution in [-0.4, -0.2) is 57.2 Å². The monoisotopic (exact) mass is 426 g/mol. The highest BCUT2D eigenvalue weighted by atomic mass is 32.2. The Morgan fingerprint density at radius 3 is 2.62 bits per heavy atom. The smallest absolute Gasteiger partial charge is 0.224 e. The third-order valence-corrected chi connectivity index (χ3v) is 8.16. The van der Waals surface area contributed by atoms with Crippen LogP contribution in [0.4, 0.5) is 4.39 Å². The molecule has 0 aromatic heterocycles. The van der Waals surface area contributed by atoms with Crippen molar-refractivity contribution < 1.29 is 22.3 Å². The van der Waals surface area contributed by atoms with Crippen molar-refractivity contribution in [2.75, 3.05) is 38.6 Å². The molecule has 2 saturated heterocycles. The second-order valence-electron chi connectivity index (χ2n) is 8.13. The van der Waals surface area contributed by atoms with Crippen molar-refractivity contribution in [2.45, 2.75) is 44.4 Å². The molecule has 0 aliphatic carbocycles. The van der Waals surface area contributed by atoms with Gasteiger partial charge in [0.1, 0.15) is 5.82 Å². The van der Waals surface area contributed by atoms with Crippen LogP contribution in [0.2, 0.25) is 0 Å². The number of sulfonamides is 1. The number of hydrogen-bond acceptors (Lipinski definition) is 4. The van der Waals surface area contributed by atoms with Gasteiger partial charge in [-0.15, -0.1) is 0 Å². The van der Waals surface area contributed by atoms with Crippen LogP contribution < -0.4 is 5.32 Å². The molecule has 29 heavy (non-hydrogen) atoms. The number of ether oxygens (including phenoxy) is 1. The zero-order valence-electron chi connectivity index (χ0n) is 17.0. The number of piperidine rings is 1. The van der Waals surface area contributed by atoms with Gasteiger partial charge < -0.3 is 10.1 Å². The number of hydrogen-bond donors (Lipinski definition) is 1.